The van der Waals surface area contributed by atoms with Crippen molar-refractivity contribution in [2.75, 3.05) is 40.0 Å². The summed E-state index contributed by atoms with van der Waals surface area (Å²) in [7, 11) is 1.66. The molecule has 0 aromatic heterocycles. The van der Waals surface area contributed by atoms with Gasteiger partial charge in [0.05, 0.1) is 25.4 Å². The Morgan fingerprint density at radius 1 is 1.28 bits per heavy atom. The van der Waals surface area contributed by atoms with Crippen LogP contribution >= 0.6 is 0 Å². The summed E-state index contributed by atoms with van der Waals surface area (Å²) in [6.45, 7) is 10.4. The number of hydrogen-bond donors (Lipinski definition) is 1. The average Bonchev–Trinajstić information content (AvgIpc) is 2.32. The first-order chi connectivity index (χ1) is 8.52. The van der Waals surface area contributed by atoms with Gasteiger partial charge in [0.2, 0.25) is 0 Å². The van der Waals surface area contributed by atoms with E-state index in [9.17, 15) is 5.11 Å². The van der Waals surface area contributed by atoms with Gasteiger partial charge < -0.3 is 19.5 Å². The van der Waals surface area contributed by atoms with Gasteiger partial charge in [0.25, 0.3) is 0 Å². The summed E-state index contributed by atoms with van der Waals surface area (Å²) in [4.78, 5) is 2.35. The molecule has 1 aliphatic rings. The molecule has 0 saturated carbocycles. The Hall–Kier alpha value is -0.160. The second kappa shape index (κ2) is 8.10. The maximum absolute atomic E-state index is 9.96. The van der Waals surface area contributed by atoms with Gasteiger partial charge in [-0.25, -0.2) is 0 Å². The van der Waals surface area contributed by atoms with Crippen molar-refractivity contribution in [3.8, 4) is 0 Å². The van der Waals surface area contributed by atoms with E-state index >= 15 is 0 Å². The van der Waals surface area contributed by atoms with E-state index in [1.54, 1.807) is 7.11 Å². The van der Waals surface area contributed by atoms with E-state index in [-0.39, 0.29) is 6.10 Å². The molecule has 4 atom stereocenters. The SMILES string of the molecule is COCC(C)OCC(O)CN1CCC(C)C(C)C1. The molecule has 1 N–H and O–H groups in total. The van der Waals surface area contributed by atoms with Gasteiger partial charge >= 0.3 is 0 Å². The third kappa shape index (κ3) is 5.65. The van der Waals surface area contributed by atoms with Crippen LogP contribution in [0.3, 0.4) is 0 Å². The van der Waals surface area contributed by atoms with Crippen LogP contribution in [0.1, 0.15) is 27.2 Å². The van der Waals surface area contributed by atoms with Crippen molar-refractivity contribution in [2.45, 2.75) is 39.4 Å². The third-order valence-corrected chi connectivity index (χ3v) is 3.86. The van der Waals surface area contributed by atoms with Crippen molar-refractivity contribution in [1.82, 2.24) is 4.90 Å². The van der Waals surface area contributed by atoms with E-state index in [0.717, 1.165) is 31.5 Å². The number of nitrogens with zero attached hydrogens (tertiary/aromatic N) is 1. The van der Waals surface area contributed by atoms with Gasteiger partial charge in [-0.05, 0) is 31.7 Å². The van der Waals surface area contributed by atoms with E-state index in [4.69, 9.17) is 9.47 Å². The first kappa shape index (κ1) is 15.9. The van der Waals surface area contributed by atoms with E-state index in [2.05, 4.69) is 18.7 Å². The van der Waals surface area contributed by atoms with Crippen LogP contribution in [-0.2, 0) is 9.47 Å². The lowest BCUT2D eigenvalue weighted by molar-refractivity contribution is -0.0434. The number of piperidine rings is 1. The average molecular weight is 259 g/mol. The van der Waals surface area contributed by atoms with Gasteiger partial charge in [-0.2, -0.15) is 0 Å². The highest BCUT2D eigenvalue weighted by atomic mass is 16.5. The normalized spacial score (nSPS) is 29.2. The Morgan fingerprint density at radius 2 is 2.00 bits per heavy atom. The van der Waals surface area contributed by atoms with Crippen LogP contribution in [0.15, 0.2) is 0 Å². The van der Waals surface area contributed by atoms with Crippen molar-refractivity contribution in [1.29, 1.82) is 0 Å². The van der Waals surface area contributed by atoms with Crippen LogP contribution < -0.4 is 0 Å². The zero-order valence-electron chi connectivity index (χ0n) is 12.3. The van der Waals surface area contributed by atoms with Crippen molar-refractivity contribution in [3.05, 3.63) is 0 Å². The largest absolute Gasteiger partial charge is 0.389 e. The summed E-state index contributed by atoms with van der Waals surface area (Å²) in [5.74, 6) is 1.52. The van der Waals surface area contributed by atoms with E-state index in [1.807, 2.05) is 6.92 Å². The molecule has 4 heteroatoms. The van der Waals surface area contributed by atoms with E-state index in [0.29, 0.717) is 13.2 Å². The predicted octanol–water partition coefficient (Wildman–Crippen LogP) is 1.38. The summed E-state index contributed by atoms with van der Waals surface area (Å²) >= 11 is 0. The molecule has 1 rings (SSSR count). The molecule has 18 heavy (non-hydrogen) atoms. The smallest absolute Gasteiger partial charge is 0.0900 e. The minimum Gasteiger partial charge on any atom is -0.389 e. The summed E-state index contributed by atoms with van der Waals surface area (Å²) in [5, 5.41) is 9.96. The molecule has 4 nitrogen and oxygen atoms in total. The molecule has 0 aliphatic carbocycles. The first-order valence-corrected chi connectivity index (χ1v) is 7.03. The van der Waals surface area contributed by atoms with Crippen LogP contribution in [0.5, 0.6) is 0 Å². The fourth-order valence-corrected chi connectivity index (χ4v) is 2.42. The standard InChI is InChI=1S/C14H29NO3/c1-11-5-6-15(7-12(11)2)8-14(16)10-18-13(3)9-17-4/h11-14,16H,5-10H2,1-4H3. The fourth-order valence-electron chi connectivity index (χ4n) is 2.42. The molecule has 1 heterocycles. The number of rotatable bonds is 7. The van der Waals surface area contributed by atoms with Crippen LogP contribution in [0.4, 0.5) is 0 Å². The molecule has 0 amide bonds. The Labute approximate surface area is 111 Å². The van der Waals surface area contributed by atoms with Crippen molar-refractivity contribution in [3.63, 3.8) is 0 Å². The molecule has 0 aromatic rings. The highest BCUT2D eigenvalue weighted by molar-refractivity contribution is 4.76. The summed E-state index contributed by atoms with van der Waals surface area (Å²) in [6, 6.07) is 0. The van der Waals surface area contributed by atoms with Gasteiger partial charge in [0.15, 0.2) is 0 Å². The van der Waals surface area contributed by atoms with Crippen LogP contribution in [0.25, 0.3) is 0 Å². The topological polar surface area (TPSA) is 41.9 Å². The zero-order valence-corrected chi connectivity index (χ0v) is 12.3. The Balaban J connectivity index is 2.17. The number of methoxy groups -OCH3 is 1. The highest BCUT2D eigenvalue weighted by Crippen LogP contribution is 2.22. The molecule has 0 aromatic carbocycles. The second-order valence-corrected chi connectivity index (χ2v) is 5.76. The number of ether oxygens (including phenoxy) is 2. The number of likely N-dealkylation sites (tertiary alicyclic amines) is 1. The lowest BCUT2D eigenvalue weighted by Gasteiger charge is -2.36. The second-order valence-electron chi connectivity index (χ2n) is 5.76. The van der Waals surface area contributed by atoms with Gasteiger partial charge in [0.1, 0.15) is 0 Å². The summed E-state index contributed by atoms with van der Waals surface area (Å²) in [5.41, 5.74) is 0. The fraction of sp³-hybridized carbons (Fsp3) is 1.00. The van der Waals surface area contributed by atoms with Gasteiger partial charge in [-0.3, -0.25) is 0 Å². The molecule has 4 unspecified atom stereocenters. The third-order valence-electron chi connectivity index (χ3n) is 3.86. The maximum Gasteiger partial charge on any atom is 0.0900 e. The van der Waals surface area contributed by atoms with Crippen molar-refractivity contribution in [2.24, 2.45) is 11.8 Å². The zero-order chi connectivity index (χ0) is 13.5. The molecule has 1 saturated heterocycles. The maximum atomic E-state index is 9.96. The number of β-amino-alcohol motifs (C(OH)–C–C–N with tert-alkyl or cyclic N) is 1. The number of aliphatic hydroxyl groups excluding tert-OH is 1. The Kier molecular flexibility index (Phi) is 7.15. The van der Waals surface area contributed by atoms with Crippen molar-refractivity contribution >= 4 is 0 Å². The molecule has 0 radical (unpaired) electrons. The summed E-state index contributed by atoms with van der Waals surface area (Å²) in [6.07, 6.45) is 0.879. The van der Waals surface area contributed by atoms with E-state index in [1.165, 1.54) is 6.42 Å². The monoisotopic (exact) mass is 259 g/mol. The van der Waals surface area contributed by atoms with Gasteiger partial charge in [-0.1, -0.05) is 13.8 Å². The molecule has 0 bridgehead atoms. The minimum absolute atomic E-state index is 0.0463. The lowest BCUT2D eigenvalue weighted by Crippen LogP contribution is -2.43. The van der Waals surface area contributed by atoms with Gasteiger partial charge in [-0.15, -0.1) is 0 Å². The quantitative estimate of drug-likeness (QED) is 0.750. The predicted molar refractivity (Wildman–Crippen MR) is 72.7 cm³/mol. The molecular weight excluding hydrogens is 230 g/mol. The lowest BCUT2D eigenvalue weighted by atomic mass is 9.88. The van der Waals surface area contributed by atoms with E-state index < -0.39 is 6.10 Å². The molecule has 1 aliphatic heterocycles. The molecule has 108 valence electrons. The minimum atomic E-state index is -0.398. The summed E-state index contributed by atoms with van der Waals surface area (Å²) < 4.78 is 10.5. The Bertz CT molecular complexity index is 225. The van der Waals surface area contributed by atoms with Crippen molar-refractivity contribution < 1.29 is 14.6 Å². The Morgan fingerprint density at radius 3 is 2.61 bits per heavy atom. The molecule has 1 fully saturated rings. The van der Waals surface area contributed by atoms with Crippen LogP contribution in [-0.4, -0.2) is 62.2 Å². The molecule has 0 spiro atoms. The first-order valence-electron chi connectivity index (χ1n) is 7.03. The number of aliphatic hydroxyl groups is 1. The van der Waals surface area contributed by atoms with Crippen LogP contribution in [0, 0.1) is 11.8 Å². The van der Waals surface area contributed by atoms with Crippen LogP contribution in [0.2, 0.25) is 0 Å². The highest BCUT2D eigenvalue weighted by Gasteiger charge is 2.24. The number of hydrogen-bond acceptors (Lipinski definition) is 4. The molecular formula is C14H29NO3. The van der Waals surface area contributed by atoms with Gasteiger partial charge in [0, 0.05) is 20.2 Å².